The van der Waals surface area contributed by atoms with Crippen LogP contribution in [0.4, 0.5) is 5.69 Å². The van der Waals surface area contributed by atoms with Gasteiger partial charge < -0.3 is 19.5 Å². The Morgan fingerprint density at radius 3 is 2.86 bits per heavy atom. The van der Waals surface area contributed by atoms with Crippen LogP contribution in [-0.2, 0) is 16.6 Å². The molecule has 2 aliphatic heterocycles. The van der Waals surface area contributed by atoms with Gasteiger partial charge >= 0.3 is 0 Å². The number of rotatable bonds is 3. The molecule has 0 saturated heterocycles. The van der Waals surface area contributed by atoms with E-state index in [1.165, 1.54) is 23.1 Å². The van der Waals surface area contributed by atoms with Crippen molar-refractivity contribution in [2.75, 3.05) is 31.7 Å². The number of fused-ring (bicyclic) bond motifs is 4. The lowest BCUT2D eigenvalue weighted by Crippen LogP contribution is -2.49. The summed E-state index contributed by atoms with van der Waals surface area (Å²) in [6.45, 7) is 6.58. The maximum atomic E-state index is 13.6. The zero-order valence-electron chi connectivity index (χ0n) is 25.6. The van der Waals surface area contributed by atoms with E-state index < -0.39 is 6.10 Å². The predicted molar refractivity (Wildman–Crippen MR) is 175 cm³/mol. The van der Waals surface area contributed by atoms with Crippen LogP contribution in [-0.4, -0.2) is 55.3 Å². The topological polar surface area (TPSA) is 71.0 Å². The molecule has 4 aliphatic rings. The number of carbonyl (C=O) groups excluding carboxylic acids is 1. The van der Waals surface area contributed by atoms with Gasteiger partial charge in [0, 0.05) is 36.2 Å². The maximum absolute atomic E-state index is 13.6. The van der Waals surface area contributed by atoms with Gasteiger partial charge in [-0.3, -0.25) is 9.52 Å². The molecule has 1 spiro atoms. The van der Waals surface area contributed by atoms with Crippen molar-refractivity contribution in [2.45, 2.75) is 81.7 Å². The summed E-state index contributed by atoms with van der Waals surface area (Å²) >= 11 is 7.88. The highest BCUT2D eigenvalue weighted by Crippen LogP contribution is 2.47. The number of halogens is 1. The predicted octanol–water partition coefficient (Wildman–Crippen LogP) is 6.97. The van der Waals surface area contributed by atoms with Gasteiger partial charge in [0.25, 0.3) is 5.91 Å². The number of nitrogens with zero attached hydrogens (tertiary/aromatic N) is 1. The summed E-state index contributed by atoms with van der Waals surface area (Å²) in [5.41, 5.74) is 4.06. The Balaban J connectivity index is 1.37. The van der Waals surface area contributed by atoms with Crippen LogP contribution in [0.15, 0.2) is 48.6 Å². The van der Waals surface area contributed by atoms with Crippen LogP contribution in [0.3, 0.4) is 0 Å². The van der Waals surface area contributed by atoms with Gasteiger partial charge in [-0.15, -0.1) is 0 Å². The molecule has 0 radical (unpaired) electrons. The molecular formula is C35H45ClN2O4S. The largest absolute Gasteiger partial charge is 0.490 e. The Bertz CT molecular complexity index is 1350. The molecule has 43 heavy (non-hydrogen) atoms. The molecule has 1 amide bonds. The molecule has 0 aromatic heterocycles. The number of anilines is 1. The average Bonchev–Trinajstić information content (AvgIpc) is 3.12. The van der Waals surface area contributed by atoms with Crippen LogP contribution in [0, 0.1) is 17.8 Å². The summed E-state index contributed by atoms with van der Waals surface area (Å²) in [6, 6.07) is 12.2. The van der Waals surface area contributed by atoms with E-state index in [4.69, 9.17) is 21.1 Å². The van der Waals surface area contributed by atoms with E-state index in [0.717, 1.165) is 68.1 Å². The zero-order valence-corrected chi connectivity index (χ0v) is 27.1. The van der Waals surface area contributed by atoms with Crippen LogP contribution in [0.2, 0.25) is 5.02 Å². The zero-order chi connectivity index (χ0) is 30.1. The van der Waals surface area contributed by atoms with Gasteiger partial charge in [-0.25, -0.2) is 0 Å². The molecule has 1 saturated carbocycles. The van der Waals surface area contributed by atoms with E-state index in [1.54, 1.807) is 7.11 Å². The third-order valence-corrected chi connectivity index (χ3v) is 11.4. The summed E-state index contributed by atoms with van der Waals surface area (Å²) in [6.07, 6.45) is 10.3. The number of aliphatic hydroxyl groups is 1. The second-order valence-corrected chi connectivity index (χ2v) is 14.9. The first-order valence-electron chi connectivity index (χ1n) is 15.9. The molecule has 232 valence electrons. The molecule has 8 heteroatoms. The Morgan fingerprint density at radius 1 is 1.23 bits per heavy atom. The Labute approximate surface area is 265 Å². The highest BCUT2D eigenvalue weighted by atomic mass is 35.5. The summed E-state index contributed by atoms with van der Waals surface area (Å²) < 4.78 is 15.7. The Morgan fingerprint density at radius 2 is 2.09 bits per heavy atom. The lowest BCUT2D eigenvalue weighted by molar-refractivity contribution is 0.0451. The van der Waals surface area contributed by atoms with E-state index in [1.807, 2.05) is 30.3 Å². The fourth-order valence-electron chi connectivity index (χ4n) is 7.63. The summed E-state index contributed by atoms with van der Waals surface area (Å²) in [7, 11) is 1.73. The third kappa shape index (κ3) is 6.47. The van der Waals surface area contributed by atoms with Crippen molar-refractivity contribution >= 4 is 35.1 Å². The molecule has 6 atom stereocenters. The quantitative estimate of drug-likeness (QED) is 0.284. The molecule has 6 nitrogen and oxygen atoms in total. The Hall–Kier alpha value is -2.19. The number of hydrogen-bond donors (Lipinski definition) is 2. The second-order valence-electron chi connectivity index (χ2n) is 13.4. The first kappa shape index (κ1) is 30.8. The molecule has 2 aromatic rings. The first-order chi connectivity index (χ1) is 20.8. The van der Waals surface area contributed by atoms with Gasteiger partial charge in [0.15, 0.2) is 0 Å². The minimum Gasteiger partial charge on any atom is -0.490 e. The summed E-state index contributed by atoms with van der Waals surface area (Å²) in [4.78, 5) is 16.0. The van der Waals surface area contributed by atoms with Crippen LogP contribution in [0.1, 0.15) is 73.9 Å². The van der Waals surface area contributed by atoms with Crippen LogP contribution in [0.25, 0.3) is 0 Å². The molecule has 1 fully saturated rings. The van der Waals surface area contributed by atoms with Crippen molar-refractivity contribution in [3.05, 3.63) is 70.3 Å². The molecular weight excluding hydrogens is 580 g/mol. The number of aryl methyl sites for hydroxylation is 1. The van der Waals surface area contributed by atoms with E-state index in [9.17, 15) is 9.90 Å². The normalized spacial score (nSPS) is 31.7. The third-order valence-electron chi connectivity index (χ3n) is 10.1. The van der Waals surface area contributed by atoms with Gasteiger partial charge in [-0.1, -0.05) is 43.7 Å². The number of benzene rings is 2. The molecule has 6 rings (SSSR count). The number of hydrogen-bond acceptors (Lipinski definition) is 6. The van der Waals surface area contributed by atoms with Gasteiger partial charge in [-0.05, 0) is 116 Å². The highest BCUT2D eigenvalue weighted by Gasteiger charge is 2.44. The molecule has 2 N–H and O–H groups in total. The van der Waals surface area contributed by atoms with Crippen LogP contribution >= 0.6 is 23.5 Å². The van der Waals surface area contributed by atoms with Gasteiger partial charge in [0.1, 0.15) is 5.75 Å². The number of ether oxygens (including phenoxy) is 2. The number of aliphatic hydroxyl groups excluding tert-OH is 1. The first-order valence-corrected chi connectivity index (χ1v) is 17.2. The standard InChI is InChI=1S/C35H45ClN2O4S/c1-22(2)16-33-32(41-3)8-4-7-30(39)27-12-9-25(27)19-38-20-35(15-5-6-23-17-26(36)11-13-28(23)35)21-42-31-14-10-24(18-29(31)38)34(40)37-43-33/h4,7,10-11,13-14,17-18,22,25,27,30,32-33,39H,5-6,8-9,12,15-16,19-21H2,1-3H3,(H,37,40)/b7-4-/t25-,27+,30-,32-,33-,35-/m0/s1. The molecule has 2 aliphatic carbocycles. The lowest BCUT2D eigenvalue weighted by Gasteiger charge is -2.45. The van der Waals surface area contributed by atoms with Gasteiger partial charge in [0.05, 0.1) is 29.8 Å². The molecule has 2 bridgehead atoms. The van der Waals surface area contributed by atoms with E-state index in [0.29, 0.717) is 30.4 Å². The van der Waals surface area contributed by atoms with Crippen molar-refractivity contribution in [2.24, 2.45) is 17.8 Å². The summed E-state index contributed by atoms with van der Waals surface area (Å²) in [5.74, 6) is 1.72. The number of carbonyl (C=O) groups is 1. The fourth-order valence-corrected chi connectivity index (χ4v) is 9.06. The van der Waals surface area contributed by atoms with Crippen molar-refractivity contribution in [3.63, 3.8) is 0 Å². The second kappa shape index (κ2) is 13.0. The van der Waals surface area contributed by atoms with Crippen molar-refractivity contribution in [3.8, 4) is 5.75 Å². The molecule has 2 heterocycles. The Kier molecular flexibility index (Phi) is 9.35. The molecule has 0 unspecified atom stereocenters. The molecule has 2 aromatic carbocycles. The fraction of sp³-hybridized carbons (Fsp3) is 0.571. The van der Waals surface area contributed by atoms with E-state index in [-0.39, 0.29) is 28.6 Å². The average molecular weight is 625 g/mol. The number of nitrogens with one attached hydrogen (secondary N) is 1. The number of methoxy groups -OCH3 is 1. The van der Waals surface area contributed by atoms with E-state index >= 15 is 0 Å². The SMILES string of the molecule is CO[C@H]1C/C=C\[C@H](O)[C@@H]2CC[C@H]2CN2C[C@@]3(CCCc4cc(Cl)ccc43)COc3ccc(cc32)C(=O)NS[C@H]1CC(C)C. The van der Waals surface area contributed by atoms with Gasteiger partial charge in [0.2, 0.25) is 0 Å². The summed E-state index contributed by atoms with van der Waals surface area (Å²) in [5, 5.41) is 12.1. The smallest absolute Gasteiger partial charge is 0.261 e. The highest BCUT2D eigenvalue weighted by molar-refractivity contribution is 7.98. The lowest BCUT2D eigenvalue weighted by atomic mass is 9.68. The minimum atomic E-state index is -0.486. The van der Waals surface area contributed by atoms with Crippen molar-refractivity contribution < 1.29 is 19.4 Å². The van der Waals surface area contributed by atoms with E-state index in [2.05, 4.69) is 41.7 Å². The minimum absolute atomic E-state index is 0.0679. The van der Waals surface area contributed by atoms with Crippen LogP contribution in [0.5, 0.6) is 5.75 Å². The van der Waals surface area contributed by atoms with Crippen LogP contribution < -0.4 is 14.4 Å². The van der Waals surface area contributed by atoms with Gasteiger partial charge in [-0.2, -0.15) is 0 Å². The maximum Gasteiger partial charge on any atom is 0.261 e. The number of amides is 1. The van der Waals surface area contributed by atoms with Crippen molar-refractivity contribution in [1.82, 2.24) is 4.72 Å². The monoisotopic (exact) mass is 624 g/mol. The van der Waals surface area contributed by atoms with Crippen molar-refractivity contribution in [1.29, 1.82) is 0 Å².